The molecule has 0 spiro atoms. The van der Waals surface area contributed by atoms with Crippen molar-refractivity contribution >= 4 is 15.8 Å². The summed E-state index contributed by atoms with van der Waals surface area (Å²) in [5, 5.41) is 3.21. The summed E-state index contributed by atoms with van der Waals surface area (Å²) in [6.45, 7) is 2.04. The highest BCUT2D eigenvalue weighted by atomic mass is 32.2. The highest BCUT2D eigenvalue weighted by Gasteiger charge is 2.19. The van der Waals surface area contributed by atoms with Crippen molar-refractivity contribution in [1.82, 2.24) is 10.2 Å². The zero-order chi connectivity index (χ0) is 18.4. The van der Waals surface area contributed by atoms with E-state index in [9.17, 15) is 8.42 Å². The average molecular weight is 372 g/mol. The van der Waals surface area contributed by atoms with Crippen LogP contribution < -0.4 is 5.32 Å². The molecule has 3 rings (SSSR count). The van der Waals surface area contributed by atoms with E-state index < -0.39 is 9.84 Å². The van der Waals surface area contributed by atoms with E-state index in [2.05, 4.69) is 39.5 Å². The van der Waals surface area contributed by atoms with E-state index in [1.807, 2.05) is 30.3 Å². The molecular weight excluding hydrogens is 346 g/mol. The molecule has 5 nitrogen and oxygen atoms in total. The molecule has 0 saturated heterocycles. The van der Waals surface area contributed by atoms with Crippen molar-refractivity contribution in [2.45, 2.75) is 18.7 Å². The fraction of sp³-hybridized carbons (Fsp3) is 0.350. The average Bonchev–Trinajstić information content (AvgIpc) is 2.65. The summed E-state index contributed by atoms with van der Waals surface area (Å²) in [7, 11) is -1.42. The SMILES string of the molecule is CN=C(NCCS(=O)(=O)Cc1ccccc1)N1CCc2ccccc2C1. The van der Waals surface area contributed by atoms with Gasteiger partial charge in [0.1, 0.15) is 0 Å². The topological polar surface area (TPSA) is 61.8 Å². The third-order valence-electron chi connectivity index (χ3n) is 4.57. The Kier molecular flexibility index (Phi) is 5.93. The number of nitrogens with one attached hydrogen (secondary N) is 1. The fourth-order valence-electron chi connectivity index (χ4n) is 3.23. The third-order valence-corrected chi connectivity index (χ3v) is 6.17. The fourth-order valence-corrected chi connectivity index (χ4v) is 4.49. The Bertz CT molecular complexity index is 864. The van der Waals surface area contributed by atoms with Gasteiger partial charge in [0.25, 0.3) is 0 Å². The number of aliphatic imine (C=N–C) groups is 1. The molecule has 1 N–H and O–H groups in total. The van der Waals surface area contributed by atoms with Crippen molar-refractivity contribution < 1.29 is 8.42 Å². The summed E-state index contributed by atoms with van der Waals surface area (Å²) < 4.78 is 24.6. The second kappa shape index (κ2) is 8.36. The minimum atomic E-state index is -3.15. The number of nitrogens with zero attached hydrogens (tertiary/aromatic N) is 2. The maximum absolute atomic E-state index is 12.3. The first-order valence-electron chi connectivity index (χ1n) is 8.84. The highest BCUT2D eigenvalue weighted by Crippen LogP contribution is 2.18. The van der Waals surface area contributed by atoms with Crippen LogP contribution >= 0.6 is 0 Å². The Hall–Kier alpha value is -2.34. The molecule has 138 valence electrons. The molecule has 0 saturated carbocycles. The second-order valence-corrected chi connectivity index (χ2v) is 8.68. The minimum Gasteiger partial charge on any atom is -0.355 e. The van der Waals surface area contributed by atoms with Gasteiger partial charge in [0.15, 0.2) is 15.8 Å². The number of benzene rings is 2. The Balaban J connectivity index is 1.53. The molecule has 26 heavy (non-hydrogen) atoms. The molecule has 0 amide bonds. The second-order valence-electron chi connectivity index (χ2n) is 6.49. The third kappa shape index (κ3) is 4.85. The predicted molar refractivity (Wildman–Crippen MR) is 106 cm³/mol. The van der Waals surface area contributed by atoms with Gasteiger partial charge in [-0.2, -0.15) is 0 Å². The smallest absolute Gasteiger partial charge is 0.193 e. The molecule has 0 atom stereocenters. The van der Waals surface area contributed by atoms with Gasteiger partial charge in [-0.05, 0) is 23.1 Å². The van der Waals surface area contributed by atoms with Gasteiger partial charge in [0.2, 0.25) is 0 Å². The van der Waals surface area contributed by atoms with E-state index in [1.165, 1.54) is 11.1 Å². The maximum atomic E-state index is 12.3. The molecule has 0 aromatic heterocycles. The number of rotatable bonds is 5. The van der Waals surface area contributed by atoms with Gasteiger partial charge >= 0.3 is 0 Å². The van der Waals surface area contributed by atoms with Crippen LogP contribution in [0.3, 0.4) is 0 Å². The molecule has 0 bridgehead atoms. The Morgan fingerprint density at radius 2 is 1.77 bits per heavy atom. The van der Waals surface area contributed by atoms with Crippen LogP contribution in [0.4, 0.5) is 0 Å². The first-order valence-corrected chi connectivity index (χ1v) is 10.7. The molecule has 0 fully saturated rings. The van der Waals surface area contributed by atoms with Gasteiger partial charge in [0, 0.05) is 26.7 Å². The molecular formula is C20H25N3O2S. The van der Waals surface area contributed by atoms with E-state index in [0.717, 1.165) is 31.0 Å². The standard InChI is InChI=1S/C20H25N3O2S/c1-21-20(23-13-11-18-9-5-6-10-19(18)15-23)22-12-14-26(24,25)16-17-7-3-2-4-8-17/h2-10H,11-16H2,1H3,(H,21,22). The summed E-state index contributed by atoms with van der Waals surface area (Å²) in [5.74, 6) is 0.922. The lowest BCUT2D eigenvalue weighted by Gasteiger charge is -2.31. The monoisotopic (exact) mass is 371 g/mol. The number of sulfone groups is 1. The minimum absolute atomic E-state index is 0.0746. The van der Waals surface area contributed by atoms with Crippen LogP contribution in [0, 0.1) is 0 Å². The molecule has 2 aromatic rings. The Morgan fingerprint density at radius 3 is 2.50 bits per heavy atom. The van der Waals surface area contributed by atoms with Crippen LogP contribution in [0.1, 0.15) is 16.7 Å². The van der Waals surface area contributed by atoms with E-state index in [-0.39, 0.29) is 11.5 Å². The van der Waals surface area contributed by atoms with Crippen LogP contribution in [0.15, 0.2) is 59.6 Å². The van der Waals surface area contributed by atoms with E-state index >= 15 is 0 Å². The molecule has 0 radical (unpaired) electrons. The molecule has 0 aliphatic carbocycles. The molecule has 1 aliphatic rings. The van der Waals surface area contributed by atoms with Crippen LogP contribution in [0.25, 0.3) is 0 Å². The van der Waals surface area contributed by atoms with Gasteiger partial charge in [-0.1, -0.05) is 54.6 Å². The van der Waals surface area contributed by atoms with Gasteiger partial charge in [-0.15, -0.1) is 0 Å². The van der Waals surface area contributed by atoms with Crippen LogP contribution in [-0.4, -0.2) is 45.2 Å². The Morgan fingerprint density at radius 1 is 1.08 bits per heavy atom. The van der Waals surface area contributed by atoms with Crippen molar-refractivity contribution in [2.75, 3.05) is 25.9 Å². The van der Waals surface area contributed by atoms with Crippen molar-refractivity contribution in [3.63, 3.8) is 0 Å². The van der Waals surface area contributed by atoms with E-state index in [0.29, 0.717) is 6.54 Å². The molecule has 1 heterocycles. The van der Waals surface area contributed by atoms with Gasteiger partial charge in [0.05, 0.1) is 11.5 Å². The summed E-state index contributed by atoms with van der Waals surface area (Å²) >= 11 is 0. The first kappa shape index (κ1) is 18.5. The van der Waals surface area contributed by atoms with Gasteiger partial charge in [-0.25, -0.2) is 8.42 Å². The lowest BCUT2D eigenvalue weighted by atomic mass is 10.0. The highest BCUT2D eigenvalue weighted by molar-refractivity contribution is 7.90. The van der Waals surface area contributed by atoms with Crippen molar-refractivity contribution in [3.05, 3.63) is 71.3 Å². The largest absolute Gasteiger partial charge is 0.355 e. The van der Waals surface area contributed by atoms with Crippen molar-refractivity contribution in [1.29, 1.82) is 0 Å². The summed E-state index contributed by atoms with van der Waals surface area (Å²) in [6, 6.07) is 17.7. The zero-order valence-electron chi connectivity index (χ0n) is 15.1. The maximum Gasteiger partial charge on any atom is 0.193 e. The normalized spacial score (nSPS) is 14.8. The Labute approximate surface area is 155 Å². The summed E-state index contributed by atoms with van der Waals surface area (Å²) in [6.07, 6.45) is 0.975. The van der Waals surface area contributed by atoms with Crippen molar-refractivity contribution in [3.8, 4) is 0 Å². The van der Waals surface area contributed by atoms with Gasteiger partial charge in [-0.3, -0.25) is 4.99 Å². The van der Waals surface area contributed by atoms with Crippen molar-refractivity contribution in [2.24, 2.45) is 4.99 Å². The van der Waals surface area contributed by atoms with Crippen LogP contribution in [0.2, 0.25) is 0 Å². The number of fused-ring (bicyclic) bond motifs is 1. The van der Waals surface area contributed by atoms with Gasteiger partial charge < -0.3 is 10.2 Å². The number of hydrogen-bond acceptors (Lipinski definition) is 3. The summed E-state index contributed by atoms with van der Waals surface area (Å²) in [5.41, 5.74) is 3.51. The first-order chi connectivity index (χ1) is 12.6. The lowest BCUT2D eigenvalue weighted by Crippen LogP contribution is -2.45. The van der Waals surface area contributed by atoms with Crippen LogP contribution in [-0.2, 0) is 28.6 Å². The van der Waals surface area contributed by atoms with E-state index in [1.54, 1.807) is 7.05 Å². The zero-order valence-corrected chi connectivity index (χ0v) is 15.9. The molecule has 6 heteroatoms. The lowest BCUT2D eigenvalue weighted by molar-refractivity contribution is 0.380. The molecule has 0 unspecified atom stereocenters. The predicted octanol–water partition coefficient (Wildman–Crippen LogP) is 2.24. The quantitative estimate of drug-likeness (QED) is 0.647. The number of hydrogen-bond donors (Lipinski definition) is 1. The van der Waals surface area contributed by atoms with Crippen LogP contribution in [0.5, 0.6) is 0 Å². The van der Waals surface area contributed by atoms with E-state index in [4.69, 9.17) is 0 Å². The molecule has 1 aliphatic heterocycles. The number of guanidine groups is 1. The summed E-state index contributed by atoms with van der Waals surface area (Å²) in [4.78, 5) is 6.50. The molecule has 2 aromatic carbocycles.